The number of nitrogens with zero attached hydrogens (tertiary/aromatic N) is 1. The second kappa shape index (κ2) is 5.96. The molecule has 3 N–H and O–H groups in total. The molecule has 6 nitrogen and oxygen atoms in total. The van der Waals surface area contributed by atoms with Gasteiger partial charge in [-0.15, -0.1) is 0 Å². The van der Waals surface area contributed by atoms with Gasteiger partial charge in [0, 0.05) is 16.8 Å². The van der Waals surface area contributed by atoms with Crippen LogP contribution in [0.4, 0.5) is 4.39 Å². The Morgan fingerprint density at radius 1 is 1.40 bits per heavy atom. The fourth-order valence-electron chi connectivity index (χ4n) is 1.64. The molecule has 0 aliphatic heterocycles. The Labute approximate surface area is 113 Å². The van der Waals surface area contributed by atoms with E-state index < -0.39 is 11.7 Å². The summed E-state index contributed by atoms with van der Waals surface area (Å²) in [6.07, 6.45) is 1.11. The molecule has 104 valence electrons. The summed E-state index contributed by atoms with van der Waals surface area (Å²) >= 11 is 0. The molecule has 2 rings (SSSR count). The molecular weight excluding hydrogens is 263 g/mol. The van der Waals surface area contributed by atoms with Crippen LogP contribution >= 0.6 is 0 Å². The minimum atomic E-state index is -0.453. The Bertz CT molecular complexity index is 702. The maximum atomic E-state index is 13.3. The van der Waals surface area contributed by atoms with E-state index in [0.29, 0.717) is 11.3 Å². The van der Waals surface area contributed by atoms with E-state index in [4.69, 9.17) is 0 Å². The van der Waals surface area contributed by atoms with Gasteiger partial charge in [-0.05, 0) is 13.0 Å². The SMILES string of the molecule is Cc1[nH][nH]c(=O)c1CC(=O)N/N=C\c1ccccc1F. The van der Waals surface area contributed by atoms with Crippen molar-refractivity contribution in [2.24, 2.45) is 5.10 Å². The van der Waals surface area contributed by atoms with Crippen LogP contribution in [0.5, 0.6) is 0 Å². The van der Waals surface area contributed by atoms with E-state index in [1.54, 1.807) is 19.1 Å². The Morgan fingerprint density at radius 2 is 2.15 bits per heavy atom. The van der Waals surface area contributed by atoms with E-state index in [2.05, 4.69) is 20.7 Å². The average molecular weight is 276 g/mol. The van der Waals surface area contributed by atoms with Crippen LogP contribution < -0.4 is 11.0 Å². The van der Waals surface area contributed by atoms with Gasteiger partial charge in [-0.2, -0.15) is 5.10 Å². The topological polar surface area (TPSA) is 90.1 Å². The lowest BCUT2D eigenvalue weighted by molar-refractivity contribution is -0.120. The molecule has 0 radical (unpaired) electrons. The van der Waals surface area contributed by atoms with Crippen LogP contribution in [0.2, 0.25) is 0 Å². The van der Waals surface area contributed by atoms with Crippen LogP contribution in [0.15, 0.2) is 34.2 Å². The molecule has 1 amide bonds. The first-order chi connectivity index (χ1) is 9.58. The molecule has 0 saturated heterocycles. The number of carbonyl (C=O) groups is 1. The van der Waals surface area contributed by atoms with Crippen molar-refractivity contribution in [2.45, 2.75) is 13.3 Å². The number of benzene rings is 1. The zero-order valence-electron chi connectivity index (χ0n) is 10.7. The van der Waals surface area contributed by atoms with Crippen molar-refractivity contribution in [1.29, 1.82) is 0 Å². The highest BCUT2D eigenvalue weighted by Crippen LogP contribution is 2.02. The summed E-state index contributed by atoms with van der Waals surface area (Å²) in [6.45, 7) is 1.68. The zero-order chi connectivity index (χ0) is 14.5. The minimum absolute atomic E-state index is 0.0979. The van der Waals surface area contributed by atoms with Crippen molar-refractivity contribution >= 4 is 12.1 Å². The van der Waals surface area contributed by atoms with Crippen LogP contribution in [0, 0.1) is 12.7 Å². The molecule has 1 aromatic carbocycles. The summed E-state index contributed by atoms with van der Waals surface area (Å²) in [5, 5.41) is 8.66. The first-order valence-electron chi connectivity index (χ1n) is 5.90. The smallest absolute Gasteiger partial charge is 0.267 e. The highest BCUT2D eigenvalue weighted by molar-refractivity contribution is 5.83. The van der Waals surface area contributed by atoms with Gasteiger partial charge in [0.1, 0.15) is 5.82 Å². The number of hydrazone groups is 1. The number of amides is 1. The molecule has 0 spiro atoms. The van der Waals surface area contributed by atoms with E-state index in [1.807, 2.05) is 0 Å². The third-order valence-electron chi connectivity index (χ3n) is 2.73. The highest BCUT2D eigenvalue weighted by Gasteiger charge is 2.10. The van der Waals surface area contributed by atoms with Gasteiger partial charge < -0.3 is 5.10 Å². The molecule has 1 aromatic heterocycles. The third kappa shape index (κ3) is 3.19. The number of halogens is 1. The normalized spacial score (nSPS) is 10.9. The van der Waals surface area contributed by atoms with Crippen LogP contribution in [0.25, 0.3) is 0 Å². The maximum Gasteiger partial charge on any atom is 0.267 e. The lowest BCUT2D eigenvalue weighted by atomic mass is 10.2. The third-order valence-corrected chi connectivity index (χ3v) is 2.73. The van der Waals surface area contributed by atoms with E-state index in [1.165, 1.54) is 18.3 Å². The summed E-state index contributed by atoms with van der Waals surface area (Å²) in [7, 11) is 0. The van der Waals surface area contributed by atoms with Crippen LogP contribution in [-0.2, 0) is 11.2 Å². The summed E-state index contributed by atoms with van der Waals surface area (Å²) in [4.78, 5) is 23.0. The molecule has 0 aliphatic carbocycles. The number of H-pyrrole nitrogens is 2. The van der Waals surface area contributed by atoms with Gasteiger partial charge in [-0.1, -0.05) is 18.2 Å². The van der Waals surface area contributed by atoms with Gasteiger partial charge in [0.05, 0.1) is 12.6 Å². The maximum absolute atomic E-state index is 13.3. The predicted molar refractivity (Wildman–Crippen MR) is 72.0 cm³/mol. The van der Waals surface area contributed by atoms with Gasteiger partial charge in [0.25, 0.3) is 5.56 Å². The molecule has 0 aliphatic rings. The number of aromatic nitrogens is 2. The standard InChI is InChI=1S/C13H13FN4O2/c1-8-10(13(20)18-16-8)6-12(19)17-15-7-9-4-2-3-5-11(9)14/h2-5,7H,6H2,1H3,(H,17,19)(H2,16,18,20)/b15-7-. The van der Waals surface area contributed by atoms with Crippen molar-refractivity contribution in [3.63, 3.8) is 0 Å². The van der Waals surface area contributed by atoms with Crippen LogP contribution in [0.1, 0.15) is 16.8 Å². The van der Waals surface area contributed by atoms with Crippen molar-refractivity contribution < 1.29 is 9.18 Å². The first kappa shape index (κ1) is 13.7. The van der Waals surface area contributed by atoms with Crippen molar-refractivity contribution in [3.8, 4) is 0 Å². The van der Waals surface area contributed by atoms with Crippen LogP contribution in [-0.4, -0.2) is 22.3 Å². The molecule has 0 fully saturated rings. The largest absolute Gasteiger partial charge is 0.302 e. The highest BCUT2D eigenvalue weighted by atomic mass is 19.1. The number of hydrogen-bond acceptors (Lipinski definition) is 3. The molecule has 0 saturated carbocycles. The van der Waals surface area contributed by atoms with E-state index >= 15 is 0 Å². The Kier molecular flexibility index (Phi) is 4.09. The van der Waals surface area contributed by atoms with Gasteiger partial charge >= 0.3 is 0 Å². The lowest BCUT2D eigenvalue weighted by Crippen LogP contribution is -2.23. The second-order valence-electron chi connectivity index (χ2n) is 4.17. The molecule has 7 heteroatoms. The Balaban J connectivity index is 1.96. The average Bonchev–Trinajstić information content (AvgIpc) is 2.73. The zero-order valence-corrected chi connectivity index (χ0v) is 10.7. The molecule has 20 heavy (non-hydrogen) atoms. The number of rotatable bonds is 4. The number of nitrogens with one attached hydrogen (secondary N) is 3. The summed E-state index contributed by atoms with van der Waals surface area (Å²) < 4.78 is 13.3. The first-order valence-corrected chi connectivity index (χ1v) is 5.90. The van der Waals surface area contributed by atoms with E-state index in [9.17, 15) is 14.0 Å². The molecule has 1 heterocycles. The van der Waals surface area contributed by atoms with Gasteiger partial charge in [0.2, 0.25) is 5.91 Å². The summed E-state index contributed by atoms with van der Waals surface area (Å²) in [6, 6.07) is 6.05. The van der Waals surface area contributed by atoms with Crippen molar-refractivity contribution in [2.75, 3.05) is 0 Å². The van der Waals surface area contributed by atoms with E-state index in [-0.39, 0.29) is 17.5 Å². The van der Waals surface area contributed by atoms with Crippen molar-refractivity contribution in [1.82, 2.24) is 15.6 Å². The number of aromatic amines is 2. The monoisotopic (exact) mass is 276 g/mol. The Hall–Kier alpha value is -2.70. The lowest BCUT2D eigenvalue weighted by Gasteiger charge is -1.98. The predicted octanol–water partition coefficient (Wildman–Crippen LogP) is 0.843. The summed E-state index contributed by atoms with van der Waals surface area (Å²) in [5.74, 6) is -0.880. The van der Waals surface area contributed by atoms with Gasteiger partial charge in [-0.25, -0.2) is 9.82 Å². The summed E-state index contributed by atoms with van der Waals surface area (Å²) in [5.41, 5.74) is 3.13. The quantitative estimate of drug-likeness (QED) is 0.570. The molecule has 0 atom stereocenters. The second-order valence-corrected chi connectivity index (χ2v) is 4.17. The Morgan fingerprint density at radius 3 is 2.80 bits per heavy atom. The van der Waals surface area contributed by atoms with Crippen molar-refractivity contribution in [3.05, 3.63) is 57.3 Å². The number of carbonyl (C=O) groups excluding carboxylic acids is 1. The molecule has 0 unspecified atom stereocenters. The fraction of sp³-hybridized carbons (Fsp3) is 0.154. The van der Waals surface area contributed by atoms with Gasteiger partial charge in [-0.3, -0.25) is 14.7 Å². The number of aryl methyl sites for hydroxylation is 1. The van der Waals surface area contributed by atoms with Gasteiger partial charge in [0.15, 0.2) is 0 Å². The number of hydrogen-bond donors (Lipinski definition) is 3. The molecular formula is C13H13FN4O2. The minimum Gasteiger partial charge on any atom is -0.302 e. The molecule has 0 bridgehead atoms. The fourth-order valence-corrected chi connectivity index (χ4v) is 1.64. The molecule has 2 aromatic rings. The van der Waals surface area contributed by atoms with E-state index in [0.717, 1.165) is 0 Å². The van der Waals surface area contributed by atoms with Crippen LogP contribution in [0.3, 0.4) is 0 Å².